The van der Waals surface area contributed by atoms with Crippen molar-refractivity contribution in [2.75, 3.05) is 13.2 Å². The SMILES string of the molecule is Cn1ccc(-c2c(-c3c(C(F)F)nn4c3OCCC4)n(COCC[Si](C)(C)C)c3ncccc23)c1C#N. The second kappa shape index (κ2) is 9.76. The highest BCUT2D eigenvalue weighted by Gasteiger charge is 2.34. The van der Waals surface area contributed by atoms with Crippen LogP contribution in [0.1, 0.15) is 24.2 Å². The van der Waals surface area contributed by atoms with Gasteiger partial charge in [0, 0.05) is 63.6 Å². The molecule has 37 heavy (non-hydrogen) atoms. The van der Waals surface area contributed by atoms with E-state index in [4.69, 9.17) is 9.47 Å². The van der Waals surface area contributed by atoms with Gasteiger partial charge in [-0.1, -0.05) is 19.6 Å². The lowest BCUT2D eigenvalue weighted by Crippen LogP contribution is -2.22. The van der Waals surface area contributed by atoms with Crippen LogP contribution in [0.3, 0.4) is 0 Å². The molecule has 0 spiro atoms. The second-order valence-corrected chi connectivity index (χ2v) is 16.1. The Morgan fingerprint density at radius 2 is 2.05 bits per heavy atom. The maximum atomic E-state index is 14.5. The maximum absolute atomic E-state index is 14.5. The third kappa shape index (κ3) is 4.55. The van der Waals surface area contributed by atoms with Crippen LogP contribution in [0.25, 0.3) is 33.4 Å². The van der Waals surface area contributed by atoms with Gasteiger partial charge in [0.1, 0.15) is 29.8 Å². The fraction of sp³-hybridized carbons (Fsp3) is 0.423. The summed E-state index contributed by atoms with van der Waals surface area (Å²) in [5.74, 6) is 0.309. The zero-order valence-electron chi connectivity index (χ0n) is 21.5. The molecule has 0 unspecified atom stereocenters. The van der Waals surface area contributed by atoms with Crippen molar-refractivity contribution >= 4 is 19.1 Å². The van der Waals surface area contributed by atoms with Crippen molar-refractivity contribution in [2.24, 2.45) is 7.05 Å². The van der Waals surface area contributed by atoms with Gasteiger partial charge < -0.3 is 18.6 Å². The number of aromatic nitrogens is 5. The van der Waals surface area contributed by atoms with Gasteiger partial charge >= 0.3 is 0 Å². The normalized spacial score (nSPS) is 13.7. The van der Waals surface area contributed by atoms with Crippen LogP contribution in [-0.2, 0) is 25.1 Å². The first-order valence-corrected chi connectivity index (χ1v) is 16.0. The van der Waals surface area contributed by atoms with E-state index in [-0.39, 0.29) is 18.0 Å². The minimum atomic E-state index is -2.82. The van der Waals surface area contributed by atoms with E-state index in [0.717, 1.165) is 11.4 Å². The summed E-state index contributed by atoms with van der Waals surface area (Å²) in [6.45, 7) is 8.40. The second-order valence-electron chi connectivity index (χ2n) is 10.5. The molecule has 5 heterocycles. The number of aryl methyl sites for hydroxylation is 2. The van der Waals surface area contributed by atoms with E-state index in [1.54, 1.807) is 30.1 Å². The number of halogens is 2. The van der Waals surface area contributed by atoms with Crippen LogP contribution in [0.2, 0.25) is 25.7 Å². The zero-order chi connectivity index (χ0) is 26.3. The largest absolute Gasteiger partial charge is 0.477 e. The van der Waals surface area contributed by atoms with Crippen LogP contribution < -0.4 is 4.74 Å². The highest BCUT2D eigenvalue weighted by atomic mass is 28.3. The third-order valence-corrected chi connectivity index (χ3v) is 8.32. The zero-order valence-corrected chi connectivity index (χ0v) is 22.5. The number of fused-ring (bicyclic) bond motifs is 2. The average Bonchev–Trinajstić information content (AvgIpc) is 3.51. The van der Waals surface area contributed by atoms with E-state index in [1.165, 1.54) is 4.68 Å². The Morgan fingerprint density at radius 3 is 2.78 bits per heavy atom. The summed E-state index contributed by atoms with van der Waals surface area (Å²) in [5, 5.41) is 15.0. The number of ether oxygens (including phenoxy) is 2. The summed E-state index contributed by atoms with van der Waals surface area (Å²) in [5.41, 5.74) is 2.63. The van der Waals surface area contributed by atoms with Gasteiger partial charge in [-0.3, -0.25) is 0 Å². The number of pyridine rings is 1. The first-order valence-electron chi connectivity index (χ1n) is 12.3. The Labute approximate surface area is 215 Å². The smallest absolute Gasteiger partial charge is 0.282 e. The Hall–Kier alpha value is -3.49. The van der Waals surface area contributed by atoms with Gasteiger partial charge in [-0.15, -0.1) is 0 Å². The summed E-state index contributed by atoms with van der Waals surface area (Å²) >= 11 is 0. The molecule has 0 aliphatic carbocycles. The summed E-state index contributed by atoms with van der Waals surface area (Å²) in [7, 11) is 0.448. The summed E-state index contributed by atoms with van der Waals surface area (Å²) in [4.78, 5) is 4.62. The Kier molecular flexibility index (Phi) is 6.64. The molecule has 4 aromatic rings. The Balaban J connectivity index is 1.80. The number of nitriles is 1. The predicted molar refractivity (Wildman–Crippen MR) is 139 cm³/mol. The van der Waals surface area contributed by atoms with Gasteiger partial charge in [-0.25, -0.2) is 18.4 Å². The fourth-order valence-corrected chi connectivity index (χ4v) is 5.52. The number of nitrogens with zero attached hydrogens (tertiary/aromatic N) is 6. The molecule has 0 aromatic carbocycles. The van der Waals surface area contributed by atoms with Crippen molar-refractivity contribution in [1.29, 1.82) is 5.26 Å². The molecule has 1 aliphatic rings. The van der Waals surface area contributed by atoms with Crippen LogP contribution in [-0.4, -0.2) is 45.2 Å². The van der Waals surface area contributed by atoms with Crippen LogP contribution in [0.15, 0.2) is 30.6 Å². The third-order valence-electron chi connectivity index (χ3n) is 6.61. The summed E-state index contributed by atoms with van der Waals surface area (Å²) < 4.78 is 46.1. The highest BCUT2D eigenvalue weighted by molar-refractivity contribution is 6.76. The van der Waals surface area contributed by atoms with E-state index in [0.29, 0.717) is 60.2 Å². The van der Waals surface area contributed by atoms with Crippen LogP contribution in [0.5, 0.6) is 5.88 Å². The first kappa shape index (κ1) is 25.2. The molecule has 194 valence electrons. The van der Waals surface area contributed by atoms with E-state index in [2.05, 4.69) is 35.8 Å². The van der Waals surface area contributed by atoms with Gasteiger partial charge in [-0.2, -0.15) is 10.4 Å². The van der Waals surface area contributed by atoms with Crippen molar-refractivity contribution in [3.8, 4) is 34.3 Å². The topological polar surface area (TPSA) is 82.8 Å². The molecule has 0 amide bonds. The molecule has 11 heteroatoms. The monoisotopic (exact) mass is 524 g/mol. The molecular weight excluding hydrogens is 494 g/mol. The highest BCUT2D eigenvalue weighted by Crippen LogP contribution is 2.48. The number of hydrogen-bond acceptors (Lipinski definition) is 5. The van der Waals surface area contributed by atoms with Crippen molar-refractivity contribution in [2.45, 2.75) is 51.8 Å². The summed E-state index contributed by atoms with van der Waals surface area (Å²) in [6.07, 6.45) is 1.33. The van der Waals surface area contributed by atoms with Crippen molar-refractivity contribution in [3.05, 3.63) is 42.0 Å². The van der Waals surface area contributed by atoms with Gasteiger partial charge in [0.15, 0.2) is 0 Å². The molecule has 0 bridgehead atoms. The average molecular weight is 525 g/mol. The molecular formula is C26H30F2N6O2Si. The van der Waals surface area contributed by atoms with Crippen molar-refractivity contribution in [3.63, 3.8) is 0 Å². The van der Waals surface area contributed by atoms with Gasteiger partial charge in [-0.05, 0) is 24.2 Å². The van der Waals surface area contributed by atoms with Crippen LogP contribution in [0, 0.1) is 11.3 Å². The first-order chi connectivity index (χ1) is 17.7. The van der Waals surface area contributed by atoms with E-state index in [9.17, 15) is 14.0 Å². The standard InChI is InChI=1S/C26H30F2N6O2Si/c1-32-11-8-17(19(32)15-29)20-18-7-5-9-30-25(18)33(16-35-13-14-37(2,3)4)23(20)21-22(24(27)28)31-34-10-6-12-36-26(21)34/h5,7-9,11,24H,6,10,12-14,16H2,1-4H3. The fourth-order valence-electron chi connectivity index (χ4n) is 4.76. The molecule has 0 radical (unpaired) electrons. The Morgan fingerprint density at radius 1 is 1.24 bits per heavy atom. The van der Waals surface area contributed by atoms with Crippen molar-refractivity contribution < 1.29 is 18.3 Å². The quantitative estimate of drug-likeness (QED) is 0.215. The van der Waals surface area contributed by atoms with Crippen LogP contribution in [0.4, 0.5) is 8.78 Å². The maximum Gasteiger partial charge on any atom is 0.282 e. The Bertz CT molecular complexity index is 1490. The van der Waals surface area contributed by atoms with Gasteiger partial charge in [0.05, 0.1) is 17.9 Å². The minimum absolute atomic E-state index is 0.120. The van der Waals surface area contributed by atoms with Gasteiger partial charge in [0.25, 0.3) is 6.43 Å². The molecule has 0 fully saturated rings. The van der Waals surface area contributed by atoms with Gasteiger partial charge in [0.2, 0.25) is 5.88 Å². The summed E-state index contributed by atoms with van der Waals surface area (Å²) in [6, 6.07) is 8.76. The van der Waals surface area contributed by atoms with Crippen LogP contribution >= 0.6 is 0 Å². The molecule has 4 aromatic heterocycles. The molecule has 0 saturated heterocycles. The lowest BCUT2D eigenvalue weighted by Gasteiger charge is -2.19. The molecule has 5 rings (SSSR count). The molecule has 8 nitrogen and oxygen atoms in total. The van der Waals surface area contributed by atoms with E-state index < -0.39 is 14.5 Å². The lowest BCUT2D eigenvalue weighted by molar-refractivity contribution is 0.0908. The van der Waals surface area contributed by atoms with E-state index in [1.807, 2.05) is 16.7 Å². The molecule has 0 atom stereocenters. The number of rotatable bonds is 8. The molecule has 1 aliphatic heterocycles. The number of hydrogen-bond donors (Lipinski definition) is 0. The predicted octanol–water partition coefficient (Wildman–Crippen LogP) is 5.81. The van der Waals surface area contributed by atoms with Crippen molar-refractivity contribution in [1.82, 2.24) is 23.9 Å². The molecule has 0 saturated carbocycles. The minimum Gasteiger partial charge on any atom is -0.477 e. The number of alkyl halides is 2. The molecule has 0 N–H and O–H groups in total. The van der Waals surface area contributed by atoms with E-state index >= 15 is 0 Å². The lowest BCUT2D eigenvalue weighted by atomic mass is 9.98.